The zero-order valence-electron chi connectivity index (χ0n) is 10.8. The minimum Gasteiger partial charge on any atom is -0.399 e. The summed E-state index contributed by atoms with van der Waals surface area (Å²) in [7, 11) is 2.00. The Bertz CT molecular complexity index is 504. The van der Waals surface area contributed by atoms with Gasteiger partial charge in [-0.05, 0) is 30.7 Å². The number of hydrogen-bond donors (Lipinski definition) is 1. The molecule has 2 N–H and O–H groups in total. The van der Waals surface area contributed by atoms with Crippen LogP contribution in [0.5, 0.6) is 0 Å². The summed E-state index contributed by atoms with van der Waals surface area (Å²) in [5.41, 5.74) is 7.49. The molecule has 0 fully saturated rings. The van der Waals surface area contributed by atoms with E-state index in [4.69, 9.17) is 5.73 Å². The quantitative estimate of drug-likeness (QED) is 0.511. The van der Waals surface area contributed by atoms with Crippen molar-refractivity contribution in [2.24, 2.45) is 7.05 Å². The summed E-state index contributed by atoms with van der Waals surface area (Å²) in [6.45, 7) is 2.19. The number of nitrogen functional groups attached to an aromatic ring is 1. The summed E-state index contributed by atoms with van der Waals surface area (Å²) in [6, 6.07) is 7.71. The van der Waals surface area contributed by atoms with Crippen molar-refractivity contribution in [2.45, 2.75) is 24.9 Å². The van der Waals surface area contributed by atoms with E-state index in [-0.39, 0.29) is 0 Å². The third-order valence-electron chi connectivity index (χ3n) is 2.73. The first-order chi connectivity index (χ1) is 8.72. The fourth-order valence-electron chi connectivity index (χ4n) is 1.63. The maximum absolute atomic E-state index is 5.68. The summed E-state index contributed by atoms with van der Waals surface area (Å²) in [4.78, 5) is 0. The Labute approximate surface area is 112 Å². The number of hydrogen-bond acceptors (Lipinski definition) is 4. The highest BCUT2D eigenvalue weighted by atomic mass is 32.2. The van der Waals surface area contributed by atoms with E-state index in [1.54, 1.807) is 11.8 Å². The van der Waals surface area contributed by atoms with Gasteiger partial charge in [0.05, 0.1) is 0 Å². The Morgan fingerprint density at radius 2 is 1.94 bits per heavy atom. The number of anilines is 1. The van der Waals surface area contributed by atoms with Gasteiger partial charge in [0.25, 0.3) is 0 Å². The highest BCUT2D eigenvalue weighted by Gasteiger charge is 2.10. The molecule has 18 heavy (non-hydrogen) atoms. The fraction of sp³-hybridized carbons (Fsp3) is 0.385. The molecule has 0 atom stereocenters. The van der Waals surface area contributed by atoms with Gasteiger partial charge in [0.2, 0.25) is 0 Å². The van der Waals surface area contributed by atoms with Crippen molar-refractivity contribution in [1.29, 1.82) is 0 Å². The van der Waals surface area contributed by atoms with Crippen molar-refractivity contribution in [3.63, 3.8) is 0 Å². The SMILES string of the molecule is CCCCSc1nnc(-c2ccc(N)cc2)n1C. The summed E-state index contributed by atoms with van der Waals surface area (Å²) in [6.07, 6.45) is 2.41. The molecule has 1 aromatic heterocycles. The second-order valence-electron chi connectivity index (χ2n) is 4.19. The Kier molecular flexibility index (Phi) is 4.25. The molecule has 0 radical (unpaired) electrons. The van der Waals surface area contributed by atoms with Crippen LogP contribution in [-0.4, -0.2) is 20.5 Å². The van der Waals surface area contributed by atoms with Crippen molar-refractivity contribution in [3.05, 3.63) is 24.3 Å². The van der Waals surface area contributed by atoms with Gasteiger partial charge in [-0.1, -0.05) is 25.1 Å². The summed E-state index contributed by atoms with van der Waals surface area (Å²) < 4.78 is 2.03. The molecule has 0 amide bonds. The number of benzene rings is 1. The van der Waals surface area contributed by atoms with E-state index in [1.807, 2.05) is 35.9 Å². The molecule has 4 nitrogen and oxygen atoms in total. The Morgan fingerprint density at radius 1 is 1.22 bits per heavy atom. The highest BCUT2D eigenvalue weighted by Crippen LogP contribution is 2.23. The number of thioether (sulfide) groups is 1. The molecular formula is C13H18N4S. The van der Waals surface area contributed by atoms with Crippen LogP contribution in [-0.2, 0) is 7.05 Å². The average Bonchev–Trinajstić information content (AvgIpc) is 2.73. The molecule has 0 spiro atoms. The van der Waals surface area contributed by atoms with Gasteiger partial charge in [-0.3, -0.25) is 0 Å². The number of aromatic nitrogens is 3. The van der Waals surface area contributed by atoms with Crippen molar-refractivity contribution >= 4 is 17.4 Å². The van der Waals surface area contributed by atoms with Gasteiger partial charge in [-0.2, -0.15) is 0 Å². The molecule has 2 rings (SSSR count). The van der Waals surface area contributed by atoms with Crippen molar-refractivity contribution in [3.8, 4) is 11.4 Å². The van der Waals surface area contributed by atoms with Gasteiger partial charge in [0.1, 0.15) is 0 Å². The Hall–Kier alpha value is -1.49. The number of unbranched alkanes of at least 4 members (excludes halogenated alkanes) is 1. The lowest BCUT2D eigenvalue weighted by Crippen LogP contribution is -1.95. The number of nitrogens with zero attached hydrogens (tertiary/aromatic N) is 3. The largest absolute Gasteiger partial charge is 0.399 e. The predicted octanol–water partition coefficient (Wildman–Crippen LogP) is 2.96. The van der Waals surface area contributed by atoms with Gasteiger partial charge >= 0.3 is 0 Å². The lowest BCUT2D eigenvalue weighted by atomic mass is 10.2. The molecule has 0 bridgehead atoms. The van der Waals surface area contributed by atoms with E-state index >= 15 is 0 Å². The maximum Gasteiger partial charge on any atom is 0.191 e. The maximum atomic E-state index is 5.68. The van der Waals surface area contributed by atoms with Crippen molar-refractivity contribution in [2.75, 3.05) is 11.5 Å². The molecule has 0 saturated carbocycles. The molecule has 5 heteroatoms. The van der Waals surface area contributed by atoms with Gasteiger partial charge < -0.3 is 10.3 Å². The van der Waals surface area contributed by atoms with E-state index < -0.39 is 0 Å². The zero-order valence-corrected chi connectivity index (χ0v) is 11.6. The smallest absolute Gasteiger partial charge is 0.191 e. The first-order valence-electron chi connectivity index (χ1n) is 6.10. The van der Waals surface area contributed by atoms with Gasteiger partial charge in [0.15, 0.2) is 11.0 Å². The van der Waals surface area contributed by atoms with Crippen LogP contribution in [0.2, 0.25) is 0 Å². The van der Waals surface area contributed by atoms with Crippen LogP contribution in [0.3, 0.4) is 0 Å². The van der Waals surface area contributed by atoms with Crippen LogP contribution in [0.15, 0.2) is 29.4 Å². The molecule has 2 aromatic rings. The second-order valence-corrected chi connectivity index (χ2v) is 5.25. The Morgan fingerprint density at radius 3 is 2.61 bits per heavy atom. The summed E-state index contributed by atoms with van der Waals surface area (Å²) >= 11 is 1.75. The van der Waals surface area contributed by atoms with Crippen LogP contribution < -0.4 is 5.73 Å². The summed E-state index contributed by atoms with van der Waals surface area (Å²) in [5, 5.41) is 9.44. The van der Waals surface area contributed by atoms with Crippen LogP contribution in [0.4, 0.5) is 5.69 Å². The molecule has 0 unspecified atom stereocenters. The van der Waals surface area contributed by atoms with E-state index in [1.165, 1.54) is 12.8 Å². The Balaban J connectivity index is 2.17. The first kappa shape index (κ1) is 13.0. The molecule has 1 aromatic carbocycles. The van der Waals surface area contributed by atoms with E-state index in [9.17, 15) is 0 Å². The fourth-order valence-corrected chi connectivity index (χ4v) is 2.63. The first-order valence-corrected chi connectivity index (χ1v) is 7.09. The van der Waals surface area contributed by atoms with Gasteiger partial charge in [0, 0.05) is 24.1 Å². The minimum absolute atomic E-state index is 0.762. The third kappa shape index (κ3) is 2.85. The van der Waals surface area contributed by atoms with Gasteiger partial charge in [-0.15, -0.1) is 10.2 Å². The molecule has 0 aliphatic carbocycles. The number of nitrogens with two attached hydrogens (primary N) is 1. The standard InChI is InChI=1S/C13H18N4S/c1-3-4-9-18-13-16-15-12(17(13)2)10-5-7-11(14)8-6-10/h5-8H,3-4,9,14H2,1-2H3. The topological polar surface area (TPSA) is 56.7 Å². The second kappa shape index (κ2) is 5.91. The molecule has 1 heterocycles. The van der Waals surface area contributed by atoms with Crippen LogP contribution in [0.1, 0.15) is 19.8 Å². The normalized spacial score (nSPS) is 10.8. The third-order valence-corrected chi connectivity index (χ3v) is 3.84. The minimum atomic E-state index is 0.762. The van der Waals surface area contributed by atoms with E-state index in [0.717, 1.165) is 28.0 Å². The predicted molar refractivity (Wildman–Crippen MR) is 76.5 cm³/mol. The lowest BCUT2D eigenvalue weighted by Gasteiger charge is -2.03. The van der Waals surface area contributed by atoms with E-state index in [2.05, 4.69) is 17.1 Å². The molecular weight excluding hydrogens is 244 g/mol. The van der Waals surface area contributed by atoms with Crippen molar-refractivity contribution in [1.82, 2.24) is 14.8 Å². The van der Waals surface area contributed by atoms with E-state index in [0.29, 0.717) is 0 Å². The van der Waals surface area contributed by atoms with Crippen LogP contribution >= 0.6 is 11.8 Å². The van der Waals surface area contributed by atoms with Crippen LogP contribution in [0.25, 0.3) is 11.4 Å². The lowest BCUT2D eigenvalue weighted by molar-refractivity contribution is 0.790. The molecule has 0 aliphatic heterocycles. The average molecular weight is 262 g/mol. The molecule has 96 valence electrons. The van der Waals surface area contributed by atoms with Crippen LogP contribution in [0, 0.1) is 0 Å². The molecule has 0 aliphatic rings. The number of rotatable bonds is 5. The van der Waals surface area contributed by atoms with Crippen molar-refractivity contribution < 1.29 is 0 Å². The monoisotopic (exact) mass is 262 g/mol. The van der Waals surface area contributed by atoms with Gasteiger partial charge in [-0.25, -0.2) is 0 Å². The molecule has 0 saturated heterocycles. The zero-order chi connectivity index (χ0) is 13.0. The highest BCUT2D eigenvalue weighted by molar-refractivity contribution is 7.99. The summed E-state index contributed by atoms with van der Waals surface area (Å²) in [5.74, 6) is 1.97.